The number of halogens is 1. The molecule has 0 aliphatic rings. The molecule has 3 rings (SSSR count). The predicted octanol–water partition coefficient (Wildman–Crippen LogP) is 5.10. The molecule has 0 fully saturated rings. The van der Waals surface area contributed by atoms with Crippen LogP contribution in [-0.2, 0) is 4.79 Å². The number of aryl methyl sites for hydroxylation is 2. The van der Waals surface area contributed by atoms with Gasteiger partial charge >= 0.3 is 0 Å². The van der Waals surface area contributed by atoms with Crippen molar-refractivity contribution < 1.29 is 14.3 Å². The molecule has 0 aliphatic carbocycles. The van der Waals surface area contributed by atoms with Crippen molar-refractivity contribution in [1.82, 2.24) is 9.88 Å². The molecule has 0 aliphatic heterocycles. The van der Waals surface area contributed by atoms with Crippen molar-refractivity contribution in [3.8, 4) is 11.5 Å². The molecule has 3 aromatic rings. The van der Waals surface area contributed by atoms with E-state index in [2.05, 4.69) is 18.7 Å². The maximum Gasteiger partial charge on any atom is 0.266 e. The van der Waals surface area contributed by atoms with Crippen molar-refractivity contribution in [3.05, 3.63) is 47.5 Å². The molecular formula is C24H32ClN3O3S. The Hall–Kier alpha value is -2.35. The number of benzene rings is 2. The van der Waals surface area contributed by atoms with Gasteiger partial charge in [-0.05, 0) is 50.2 Å². The Bertz CT molecular complexity index is 1040. The van der Waals surface area contributed by atoms with Crippen LogP contribution in [0.4, 0.5) is 5.13 Å². The summed E-state index contributed by atoms with van der Waals surface area (Å²) in [6, 6.07) is 11.7. The minimum atomic E-state index is -0.105. The highest BCUT2D eigenvalue weighted by Gasteiger charge is 2.23. The van der Waals surface area contributed by atoms with E-state index in [1.165, 1.54) is 11.3 Å². The summed E-state index contributed by atoms with van der Waals surface area (Å²) in [5, 5.41) is 0.674. The number of thiazole rings is 1. The summed E-state index contributed by atoms with van der Waals surface area (Å²) >= 11 is 1.52. The predicted molar refractivity (Wildman–Crippen MR) is 135 cm³/mol. The zero-order valence-electron chi connectivity index (χ0n) is 19.4. The molecule has 174 valence electrons. The lowest BCUT2D eigenvalue weighted by atomic mass is 10.2. The Morgan fingerprint density at radius 3 is 2.38 bits per heavy atom. The molecule has 0 saturated heterocycles. The van der Waals surface area contributed by atoms with Gasteiger partial charge in [0.1, 0.15) is 17.0 Å². The number of para-hydroxylation sites is 1. The van der Waals surface area contributed by atoms with E-state index in [9.17, 15) is 4.79 Å². The fourth-order valence-corrected chi connectivity index (χ4v) is 4.52. The van der Waals surface area contributed by atoms with E-state index < -0.39 is 0 Å². The number of aromatic nitrogens is 1. The molecule has 1 aromatic heterocycles. The Kier molecular flexibility index (Phi) is 9.75. The summed E-state index contributed by atoms with van der Waals surface area (Å²) in [6.45, 7) is 11.4. The molecule has 0 radical (unpaired) electrons. The molecule has 2 aromatic carbocycles. The zero-order chi connectivity index (χ0) is 22.4. The molecule has 0 saturated carbocycles. The average molecular weight is 478 g/mol. The van der Waals surface area contributed by atoms with Crippen LogP contribution in [-0.4, -0.2) is 55.7 Å². The highest BCUT2D eigenvalue weighted by atomic mass is 35.5. The van der Waals surface area contributed by atoms with E-state index in [0.29, 0.717) is 11.7 Å². The van der Waals surface area contributed by atoms with Crippen molar-refractivity contribution in [3.63, 3.8) is 0 Å². The molecule has 0 unspecified atom stereocenters. The molecule has 1 amide bonds. The van der Waals surface area contributed by atoms with Gasteiger partial charge in [-0.2, -0.15) is 0 Å². The smallest absolute Gasteiger partial charge is 0.266 e. The Morgan fingerprint density at radius 1 is 1.00 bits per heavy atom. The summed E-state index contributed by atoms with van der Waals surface area (Å²) in [7, 11) is 1.64. The summed E-state index contributed by atoms with van der Waals surface area (Å²) in [6.07, 6.45) is 0. The molecule has 8 heteroatoms. The number of nitrogens with zero attached hydrogens (tertiary/aromatic N) is 3. The van der Waals surface area contributed by atoms with Crippen LogP contribution in [0.25, 0.3) is 10.2 Å². The number of likely N-dealkylation sites (N-methyl/N-ethyl adjacent to an activating group) is 1. The minimum Gasteiger partial charge on any atom is -0.494 e. The zero-order valence-corrected chi connectivity index (χ0v) is 21.0. The summed E-state index contributed by atoms with van der Waals surface area (Å²) < 4.78 is 12.4. The second-order valence-corrected chi connectivity index (χ2v) is 8.36. The number of amides is 1. The molecule has 0 bridgehead atoms. The van der Waals surface area contributed by atoms with Gasteiger partial charge in [0.25, 0.3) is 5.91 Å². The lowest BCUT2D eigenvalue weighted by Crippen LogP contribution is -2.41. The van der Waals surface area contributed by atoms with Crippen molar-refractivity contribution >= 4 is 45.0 Å². The SMILES string of the molecule is CCN(CC)CCN(C(=O)COc1ccccc1C)c1nc2c(OC)ccc(C)c2s1.Cl. The van der Waals surface area contributed by atoms with Crippen LogP contribution in [0.15, 0.2) is 36.4 Å². The fourth-order valence-electron chi connectivity index (χ4n) is 3.42. The summed E-state index contributed by atoms with van der Waals surface area (Å²) in [4.78, 5) is 22.1. The average Bonchev–Trinajstić information content (AvgIpc) is 3.22. The standard InChI is InChI=1S/C24H31N3O3S.ClH/c1-6-26(7-2)14-15-27(21(28)16-30-19-11-9-8-10-17(19)3)24-25-22-20(29-5)13-12-18(4)23(22)31-24;/h8-13H,6-7,14-16H2,1-5H3;1H. The van der Waals surface area contributed by atoms with Crippen molar-refractivity contribution in [2.24, 2.45) is 0 Å². The summed E-state index contributed by atoms with van der Waals surface area (Å²) in [5.41, 5.74) is 2.92. The molecule has 32 heavy (non-hydrogen) atoms. The van der Waals surface area contributed by atoms with Crippen molar-refractivity contribution in [1.29, 1.82) is 0 Å². The Labute approximate surface area is 200 Å². The highest BCUT2D eigenvalue weighted by molar-refractivity contribution is 7.22. The Balaban J connectivity index is 0.00000363. The number of carbonyl (C=O) groups excluding carboxylic acids is 1. The normalized spacial score (nSPS) is 10.8. The number of ether oxygens (including phenoxy) is 2. The first-order valence-electron chi connectivity index (χ1n) is 10.6. The number of rotatable bonds is 10. The first-order valence-corrected chi connectivity index (χ1v) is 11.4. The van der Waals surface area contributed by atoms with E-state index in [0.717, 1.165) is 52.5 Å². The third kappa shape index (κ3) is 5.91. The van der Waals surface area contributed by atoms with Crippen LogP contribution in [0.3, 0.4) is 0 Å². The van der Waals surface area contributed by atoms with Gasteiger partial charge < -0.3 is 14.4 Å². The van der Waals surface area contributed by atoms with E-state index in [1.807, 2.05) is 50.2 Å². The summed E-state index contributed by atoms with van der Waals surface area (Å²) in [5.74, 6) is 1.34. The lowest BCUT2D eigenvalue weighted by Gasteiger charge is -2.24. The number of carbonyl (C=O) groups is 1. The van der Waals surface area contributed by atoms with Crippen LogP contribution in [0.1, 0.15) is 25.0 Å². The van der Waals surface area contributed by atoms with E-state index >= 15 is 0 Å². The van der Waals surface area contributed by atoms with Gasteiger partial charge in [0.2, 0.25) is 0 Å². The third-order valence-corrected chi connectivity index (χ3v) is 6.64. The second-order valence-electron chi connectivity index (χ2n) is 7.39. The van der Waals surface area contributed by atoms with Crippen LogP contribution in [0, 0.1) is 13.8 Å². The van der Waals surface area contributed by atoms with Crippen LogP contribution < -0.4 is 14.4 Å². The number of fused-ring (bicyclic) bond motifs is 1. The van der Waals surface area contributed by atoms with E-state index in [-0.39, 0.29) is 24.9 Å². The minimum absolute atomic E-state index is 0. The second kappa shape index (κ2) is 12.0. The fraction of sp³-hybridized carbons (Fsp3) is 0.417. The molecule has 0 N–H and O–H groups in total. The van der Waals surface area contributed by atoms with Gasteiger partial charge in [0, 0.05) is 13.1 Å². The highest BCUT2D eigenvalue weighted by Crippen LogP contribution is 2.36. The van der Waals surface area contributed by atoms with Gasteiger partial charge in [-0.15, -0.1) is 12.4 Å². The lowest BCUT2D eigenvalue weighted by molar-refractivity contribution is -0.120. The molecule has 0 spiro atoms. The van der Waals surface area contributed by atoms with Crippen molar-refractivity contribution in [2.75, 3.05) is 44.8 Å². The largest absolute Gasteiger partial charge is 0.494 e. The molecule has 1 heterocycles. The van der Waals surface area contributed by atoms with Crippen LogP contribution in [0.2, 0.25) is 0 Å². The first-order chi connectivity index (χ1) is 15.0. The van der Waals surface area contributed by atoms with Crippen molar-refractivity contribution in [2.45, 2.75) is 27.7 Å². The number of anilines is 1. The number of hydrogen-bond acceptors (Lipinski definition) is 6. The number of methoxy groups -OCH3 is 1. The number of hydrogen-bond donors (Lipinski definition) is 0. The first kappa shape index (κ1) is 25.9. The van der Waals surface area contributed by atoms with E-state index in [1.54, 1.807) is 12.0 Å². The topological polar surface area (TPSA) is 54.9 Å². The van der Waals surface area contributed by atoms with Gasteiger partial charge in [-0.3, -0.25) is 9.69 Å². The third-order valence-electron chi connectivity index (χ3n) is 5.42. The Morgan fingerprint density at radius 2 is 1.72 bits per heavy atom. The quantitative estimate of drug-likeness (QED) is 0.406. The van der Waals surface area contributed by atoms with Gasteiger partial charge in [-0.1, -0.05) is 49.4 Å². The molecule has 0 atom stereocenters. The maximum absolute atomic E-state index is 13.3. The maximum atomic E-state index is 13.3. The monoisotopic (exact) mass is 477 g/mol. The van der Waals surface area contributed by atoms with Crippen LogP contribution >= 0.6 is 23.7 Å². The van der Waals surface area contributed by atoms with Gasteiger partial charge in [0.05, 0.1) is 11.8 Å². The van der Waals surface area contributed by atoms with Gasteiger partial charge in [-0.25, -0.2) is 4.98 Å². The van der Waals surface area contributed by atoms with Gasteiger partial charge in [0.15, 0.2) is 11.7 Å². The molecular weight excluding hydrogens is 446 g/mol. The van der Waals surface area contributed by atoms with E-state index in [4.69, 9.17) is 14.5 Å². The molecule has 6 nitrogen and oxygen atoms in total. The van der Waals surface area contributed by atoms with Crippen LogP contribution in [0.5, 0.6) is 11.5 Å².